The van der Waals surface area contributed by atoms with E-state index in [4.69, 9.17) is 14.2 Å². The molecule has 5 rings (SSSR count). The molecule has 3 aromatic rings. The van der Waals surface area contributed by atoms with E-state index in [1.165, 1.54) is 4.90 Å². The number of benzene rings is 3. The number of amides is 3. The number of aryl methyl sites for hydroxylation is 1. The van der Waals surface area contributed by atoms with Crippen molar-refractivity contribution in [2.75, 3.05) is 18.5 Å². The molecule has 2 unspecified atom stereocenters. The second-order valence-electron chi connectivity index (χ2n) is 9.25. The van der Waals surface area contributed by atoms with Gasteiger partial charge in [0.1, 0.15) is 17.2 Å². The van der Waals surface area contributed by atoms with Crippen LogP contribution in [0.3, 0.4) is 0 Å². The number of hydrogen-bond donors (Lipinski definition) is 1. The van der Waals surface area contributed by atoms with E-state index in [1.807, 2.05) is 31.2 Å². The first-order chi connectivity index (χ1) is 17.9. The summed E-state index contributed by atoms with van der Waals surface area (Å²) in [5, 5.41) is 2.83. The van der Waals surface area contributed by atoms with Gasteiger partial charge < -0.3 is 19.5 Å². The van der Waals surface area contributed by atoms with Crippen LogP contribution in [-0.4, -0.2) is 48.0 Å². The van der Waals surface area contributed by atoms with Gasteiger partial charge >= 0.3 is 0 Å². The van der Waals surface area contributed by atoms with Crippen molar-refractivity contribution < 1.29 is 28.6 Å². The van der Waals surface area contributed by atoms with Gasteiger partial charge in [-0.2, -0.15) is 0 Å². The Morgan fingerprint density at radius 2 is 1.65 bits per heavy atom. The Morgan fingerprint density at radius 1 is 0.973 bits per heavy atom. The number of hydrogen-bond acceptors (Lipinski definition) is 6. The lowest BCUT2D eigenvalue weighted by Crippen LogP contribution is -2.36. The van der Waals surface area contributed by atoms with E-state index in [1.54, 1.807) is 49.4 Å². The Hall–Kier alpha value is -4.17. The Kier molecular flexibility index (Phi) is 6.92. The summed E-state index contributed by atoms with van der Waals surface area (Å²) in [6.45, 7) is 4.60. The van der Waals surface area contributed by atoms with Crippen molar-refractivity contribution in [3.8, 4) is 17.2 Å². The molecule has 1 saturated heterocycles. The maximum absolute atomic E-state index is 12.9. The summed E-state index contributed by atoms with van der Waals surface area (Å²) in [7, 11) is 0. The molecule has 0 spiro atoms. The highest BCUT2D eigenvalue weighted by molar-refractivity contribution is 6.21. The highest BCUT2D eigenvalue weighted by Crippen LogP contribution is 2.31. The monoisotopic (exact) mass is 500 g/mol. The number of nitrogens with zero attached hydrogens (tertiary/aromatic N) is 1. The third-order valence-electron chi connectivity index (χ3n) is 6.41. The predicted molar refractivity (Wildman–Crippen MR) is 137 cm³/mol. The molecule has 2 aliphatic rings. The fraction of sp³-hybridized carbons (Fsp3) is 0.276. The number of rotatable bonds is 8. The molecule has 0 saturated carbocycles. The maximum atomic E-state index is 12.9. The summed E-state index contributed by atoms with van der Waals surface area (Å²) in [6, 6.07) is 19.2. The van der Waals surface area contributed by atoms with Crippen LogP contribution in [0.2, 0.25) is 0 Å². The quantitative estimate of drug-likeness (QED) is 0.439. The fourth-order valence-corrected chi connectivity index (χ4v) is 4.35. The van der Waals surface area contributed by atoms with Crippen LogP contribution in [0.4, 0.5) is 5.69 Å². The lowest BCUT2D eigenvalue weighted by atomic mass is 10.1. The zero-order valence-electron chi connectivity index (χ0n) is 20.7. The lowest BCUT2D eigenvalue weighted by Gasteiger charge is -2.17. The minimum Gasteiger partial charge on any atom is -0.481 e. The van der Waals surface area contributed by atoms with E-state index in [0.29, 0.717) is 40.7 Å². The number of carbonyl (C=O) groups excluding carboxylic acids is 3. The summed E-state index contributed by atoms with van der Waals surface area (Å²) < 4.78 is 17.2. The number of imide groups is 1. The van der Waals surface area contributed by atoms with Gasteiger partial charge in [-0.15, -0.1) is 0 Å². The Balaban J connectivity index is 1.19. The molecule has 37 heavy (non-hydrogen) atoms. The van der Waals surface area contributed by atoms with Crippen molar-refractivity contribution >= 4 is 23.4 Å². The van der Waals surface area contributed by atoms with Crippen molar-refractivity contribution in [1.29, 1.82) is 0 Å². The molecule has 0 aromatic heterocycles. The Morgan fingerprint density at radius 3 is 2.35 bits per heavy atom. The van der Waals surface area contributed by atoms with E-state index in [0.717, 1.165) is 18.4 Å². The van der Waals surface area contributed by atoms with Gasteiger partial charge in [0.2, 0.25) is 0 Å². The van der Waals surface area contributed by atoms with E-state index in [9.17, 15) is 14.4 Å². The number of anilines is 1. The number of carbonyl (C=O) groups is 3. The minimum atomic E-state index is -0.676. The predicted octanol–water partition coefficient (Wildman–Crippen LogP) is 4.97. The SMILES string of the molecule is Cc1ccc(OC(C)C(=O)Nc2ccc(Oc3ccc4c(c3)C(=O)N(CC3CCCO3)C4=O)cc2)cc1. The van der Waals surface area contributed by atoms with Gasteiger partial charge in [0.15, 0.2) is 6.10 Å². The fourth-order valence-electron chi connectivity index (χ4n) is 4.35. The normalized spacial score (nSPS) is 17.5. The van der Waals surface area contributed by atoms with Gasteiger partial charge in [-0.25, -0.2) is 0 Å². The minimum absolute atomic E-state index is 0.103. The Bertz CT molecular complexity index is 1310. The zero-order chi connectivity index (χ0) is 25.9. The van der Waals surface area contributed by atoms with Crippen molar-refractivity contribution in [2.24, 2.45) is 0 Å². The van der Waals surface area contributed by atoms with E-state index in [-0.39, 0.29) is 30.4 Å². The van der Waals surface area contributed by atoms with Gasteiger partial charge in [0.25, 0.3) is 17.7 Å². The lowest BCUT2D eigenvalue weighted by molar-refractivity contribution is -0.122. The van der Waals surface area contributed by atoms with Gasteiger partial charge in [0.05, 0.1) is 23.8 Å². The van der Waals surface area contributed by atoms with Crippen LogP contribution in [0.5, 0.6) is 17.2 Å². The second kappa shape index (κ2) is 10.4. The molecule has 190 valence electrons. The molecule has 3 aromatic carbocycles. The third kappa shape index (κ3) is 5.49. The van der Waals surface area contributed by atoms with Gasteiger partial charge in [0, 0.05) is 12.3 Å². The van der Waals surface area contributed by atoms with Crippen LogP contribution < -0.4 is 14.8 Å². The average Bonchev–Trinajstić information content (AvgIpc) is 3.49. The van der Waals surface area contributed by atoms with Crippen molar-refractivity contribution in [3.05, 3.63) is 83.4 Å². The molecule has 0 radical (unpaired) electrons. The maximum Gasteiger partial charge on any atom is 0.265 e. The molecule has 8 nitrogen and oxygen atoms in total. The van der Waals surface area contributed by atoms with Crippen LogP contribution in [0.1, 0.15) is 46.0 Å². The number of ether oxygens (including phenoxy) is 3. The van der Waals surface area contributed by atoms with Crippen LogP contribution in [0.25, 0.3) is 0 Å². The molecular weight excluding hydrogens is 472 g/mol. The van der Waals surface area contributed by atoms with Crippen molar-refractivity contribution in [3.63, 3.8) is 0 Å². The second-order valence-corrected chi connectivity index (χ2v) is 9.25. The number of fused-ring (bicyclic) bond motifs is 1. The van der Waals surface area contributed by atoms with Crippen molar-refractivity contribution in [2.45, 2.75) is 38.9 Å². The zero-order valence-corrected chi connectivity index (χ0v) is 20.7. The molecule has 1 N–H and O–H groups in total. The van der Waals surface area contributed by atoms with Gasteiger partial charge in [-0.3, -0.25) is 19.3 Å². The molecule has 1 fully saturated rings. The Labute approximate surface area is 215 Å². The van der Waals surface area contributed by atoms with E-state index in [2.05, 4.69) is 5.32 Å². The van der Waals surface area contributed by atoms with Crippen LogP contribution in [0, 0.1) is 6.92 Å². The molecule has 2 atom stereocenters. The molecular formula is C29H28N2O6. The van der Waals surface area contributed by atoms with Gasteiger partial charge in [-0.05, 0) is 81.3 Å². The first-order valence-corrected chi connectivity index (χ1v) is 12.3. The third-order valence-corrected chi connectivity index (χ3v) is 6.41. The highest BCUT2D eigenvalue weighted by Gasteiger charge is 2.37. The average molecular weight is 501 g/mol. The number of nitrogens with one attached hydrogen (secondary N) is 1. The molecule has 3 amide bonds. The summed E-state index contributed by atoms with van der Waals surface area (Å²) in [5.74, 6) is 0.680. The van der Waals surface area contributed by atoms with E-state index < -0.39 is 6.10 Å². The summed E-state index contributed by atoms with van der Waals surface area (Å²) in [5.41, 5.74) is 2.40. The van der Waals surface area contributed by atoms with Gasteiger partial charge in [-0.1, -0.05) is 17.7 Å². The summed E-state index contributed by atoms with van der Waals surface area (Å²) in [6.07, 6.45) is 1.00. The largest absolute Gasteiger partial charge is 0.481 e. The molecule has 2 aliphatic heterocycles. The summed E-state index contributed by atoms with van der Waals surface area (Å²) >= 11 is 0. The van der Waals surface area contributed by atoms with Crippen molar-refractivity contribution in [1.82, 2.24) is 4.90 Å². The van der Waals surface area contributed by atoms with Crippen LogP contribution in [0.15, 0.2) is 66.7 Å². The first-order valence-electron chi connectivity index (χ1n) is 12.3. The molecule has 0 bridgehead atoms. The first kappa shape index (κ1) is 24.5. The summed E-state index contributed by atoms with van der Waals surface area (Å²) in [4.78, 5) is 39.4. The standard InChI is InChI=1S/C29H28N2O6/c1-18-5-9-21(10-6-18)36-19(2)27(32)30-20-7-11-22(12-8-20)37-23-13-14-25-26(16-23)29(34)31(28(25)33)17-24-4-3-15-35-24/h5-14,16,19,24H,3-4,15,17H2,1-2H3,(H,30,32). The van der Waals surface area contributed by atoms with Crippen LogP contribution >= 0.6 is 0 Å². The van der Waals surface area contributed by atoms with Crippen LogP contribution in [-0.2, 0) is 9.53 Å². The topological polar surface area (TPSA) is 94.2 Å². The molecule has 8 heteroatoms. The molecule has 2 heterocycles. The molecule has 0 aliphatic carbocycles. The smallest absolute Gasteiger partial charge is 0.265 e. The highest BCUT2D eigenvalue weighted by atomic mass is 16.5. The van der Waals surface area contributed by atoms with E-state index >= 15 is 0 Å².